The monoisotopic (exact) mass is 243 g/mol. The summed E-state index contributed by atoms with van der Waals surface area (Å²) in [5.41, 5.74) is 0.996. The molecule has 0 unspecified atom stereocenters. The molecule has 0 atom stereocenters. The van der Waals surface area contributed by atoms with Crippen LogP contribution in [0.5, 0.6) is 0 Å². The van der Waals surface area contributed by atoms with Crippen molar-refractivity contribution in [2.75, 3.05) is 0 Å². The summed E-state index contributed by atoms with van der Waals surface area (Å²) < 4.78 is 15.0. The van der Waals surface area contributed by atoms with Gasteiger partial charge in [-0.25, -0.2) is 9.37 Å². The van der Waals surface area contributed by atoms with Gasteiger partial charge in [0.2, 0.25) is 0 Å². The molecule has 4 nitrogen and oxygen atoms in total. The highest BCUT2D eigenvalue weighted by Gasteiger charge is 2.05. The maximum Gasteiger partial charge on any atom is 0.253 e. The van der Waals surface area contributed by atoms with Gasteiger partial charge in [0, 0.05) is 17.3 Å². The highest BCUT2D eigenvalue weighted by molar-refractivity contribution is 5.33. The van der Waals surface area contributed by atoms with Crippen LogP contribution < -0.4 is 5.56 Å². The van der Waals surface area contributed by atoms with Crippen LogP contribution in [0.15, 0.2) is 35.4 Å². The second-order valence-electron chi connectivity index (χ2n) is 3.91. The van der Waals surface area contributed by atoms with Crippen LogP contribution in [0.1, 0.15) is 16.8 Å². The topological polar surface area (TPSA) is 58.7 Å². The first-order chi connectivity index (χ1) is 8.60. The molecule has 2 rings (SSSR count). The first-order valence-corrected chi connectivity index (χ1v) is 5.32. The van der Waals surface area contributed by atoms with E-state index in [0.29, 0.717) is 11.3 Å². The summed E-state index contributed by atoms with van der Waals surface area (Å²) in [6.45, 7) is 1.82. The summed E-state index contributed by atoms with van der Waals surface area (Å²) in [7, 11) is 0. The average molecular weight is 243 g/mol. The number of halogens is 1. The van der Waals surface area contributed by atoms with Gasteiger partial charge in [0.15, 0.2) is 0 Å². The molecule has 0 spiro atoms. The van der Waals surface area contributed by atoms with Gasteiger partial charge in [0.05, 0.1) is 24.5 Å². The van der Waals surface area contributed by atoms with E-state index in [-0.39, 0.29) is 17.7 Å². The lowest BCUT2D eigenvalue weighted by Crippen LogP contribution is -2.21. The van der Waals surface area contributed by atoms with Gasteiger partial charge in [0.1, 0.15) is 5.82 Å². The second-order valence-corrected chi connectivity index (χ2v) is 3.91. The molecule has 0 aliphatic heterocycles. The van der Waals surface area contributed by atoms with Crippen LogP contribution in [0.4, 0.5) is 4.39 Å². The number of aryl methyl sites for hydroxylation is 1. The molecule has 2 aromatic rings. The largest absolute Gasteiger partial charge is 0.295 e. The van der Waals surface area contributed by atoms with Crippen LogP contribution in [0.3, 0.4) is 0 Å². The van der Waals surface area contributed by atoms with Crippen molar-refractivity contribution in [1.29, 1.82) is 5.26 Å². The fourth-order valence-electron chi connectivity index (χ4n) is 1.56. The molecule has 0 saturated carbocycles. The Morgan fingerprint density at radius 2 is 2.22 bits per heavy atom. The Kier molecular flexibility index (Phi) is 3.20. The van der Waals surface area contributed by atoms with E-state index in [1.807, 2.05) is 6.07 Å². The van der Waals surface area contributed by atoms with Gasteiger partial charge in [0.25, 0.3) is 5.56 Å². The van der Waals surface area contributed by atoms with E-state index in [4.69, 9.17) is 5.26 Å². The highest BCUT2D eigenvalue weighted by Crippen LogP contribution is 2.10. The lowest BCUT2D eigenvalue weighted by Gasteiger charge is -2.06. The van der Waals surface area contributed by atoms with Crippen molar-refractivity contribution in [1.82, 2.24) is 9.55 Å². The molecule has 0 N–H and O–H groups in total. The van der Waals surface area contributed by atoms with Crippen molar-refractivity contribution in [2.24, 2.45) is 0 Å². The van der Waals surface area contributed by atoms with Gasteiger partial charge in [-0.05, 0) is 19.1 Å². The van der Waals surface area contributed by atoms with Crippen LogP contribution in [0, 0.1) is 24.1 Å². The second kappa shape index (κ2) is 4.80. The molecule has 18 heavy (non-hydrogen) atoms. The number of aromatic nitrogens is 2. The summed E-state index contributed by atoms with van der Waals surface area (Å²) in [6, 6.07) is 7.42. The number of nitrogens with zero attached hydrogens (tertiary/aromatic N) is 3. The van der Waals surface area contributed by atoms with Crippen molar-refractivity contribution in [3.05, 3.63) is 63.6 Å². The van der Waals surface area contributed by atoms with E-state index in [2.05, 4.69) is 4.98 Å². The summed E-state index contributed by atoms with van der Waals surface area (Å²) >= 11 is 0. The zero-order chi connectivity index (χ0) is 13.1. The van der Waals surface area contributed by atoms with E-state index in [1.165, 1.54) is 29.1 Å². The fraction of sp³-hybridized carbons (Fsp3) is 0.154. The number of rotatable bonds is 2. The molecule has 0 saturated heterocycles. The van der Waals surface area contributed by atoms with Gasteiger partial charge < -0.3 is 0 Å². The Balaban J connectivity index is 2.35. The summed E-state index contributed by atoms with van der Waals surface area (Å²) in [4.78, 5) is 15.6. The molecule has 0 aliphatic carbocycles. The van der Waals surface area contributed by atoms with Crippen LogP contribution in [0.2, 0.25) is 0 Å². The Morgan fingerprint density at radius 3 is 2.83 bits per heavy atom. The standard InChI is InChI=1S/C13H10FN3O/c1-9-4-13(18)17(8-16-9)7-11-3-2-10(6-15)5-12(11)14/h2-5,8H,7H2,1H3. The quantitative estimate of drug-likeness (QED) is 0.805. The molecule has 0 radical (unpaired) electrons. The van der Waals surface area contributed by atoms with E-state index in [1.54, 1.807) is 6.92 Å². The third-order valence-corrected chi connectivity index (χ3v) is 2.54. The molecule has 0 amide bonds. The Morgan fingerprint density at radius 1 is 1.44 bits per heavy atom. The van der Waals surface area contributed by atoms with Crippen LogP contribution in [-0.2, 0) is 6.54 Å². The molecular formula is C13H10FN3O. The normalized spacial score (nSPS) is 10.1. The van der Waals surface area contributed by atoms with Crippen LogP contribution in [0.25, 0.3) is 0 Å². The van der Waals surface area contributed by atoms with Crippen molar-refractivity contribution in [3.63, 3.8) is 0 Å². The zero-order valence-electron chi connectivity index (χ0n) is 9.72. The van der Waals surface area contributed by atoms with E-state index in [9.17, 15) is 9.18 Å². The van der Waals surface area contributed by atoms with Gasteiger partial charge >= 0.3 is 0 Å². The van der Waals surface area contributed by atoms with E-state index >= 15 is 0 Å². The SMILES string of the molecule is Cc1cc(=O)n(Cc2ccc(C#N)cc2F)cn1. The number of nitriles is 1. The van der Waals surface area contributed by atoms with Crippen LogP contribution in [-0.4, -0.2) is 9.55 Å². The van der Waals surface area contributed by atoms with Crippen molar-refractivity contribution in [2.45, 2.75) is 13.5 Å². The smallest absolute Gasteiger partial charge is 0.253 e. The third kappa shape index (κ3) is 2.43. The lowest BCUT2D eigenvalue weighted by molar-refractivity contribution is 0.593. The first-order valence-electron chi connectivity index (χ1n) is 5.32. The molecule has 0 aliphatic rings. The van der Waals surface area contributed by atoms with E-state index < -0.39 is 5.82 Å². The molecule has 1 heterocycles. The lowest BCUT2D eigenvalue weighted by atomic mass is 10.1. The molecule has 0 fully saturated rings. The Labute approximate surface area is 103 Å². The maximum atomic E-state index is 13.6. The summed E-state index contributed by atoms with van der Waals surface area (Å²) in [6.07, 6.45) is 1.38. The average Bonchev–Trinajstić information content (AvgIpc) is 2.34. The third-order valence-electron chi connectivity index (χ3n) is 2.54. The minimum atomic E-state index is -0.499. The zero-order valence-corrected chi connectivity index (χ0v) is 9.72. The molecule has 1 aromatic heterocycles. The molecule has 1 aromatic carbocycles. The number of benzene rings is 1. The molecular weight excluding hydrogens is 233 g/mol. The predicted octanol–water partition coefficient (Wildman–Crippen LogP) is 1.61. The predicted molar refractivity (Wildman–Crippen MR) is 63.5 cm³/mol. The number of hydrogen-bond acceptors (Lipinski definition) is 3. The first kappa shape index (κ1) is 12.0. The highest BCUT2D eigenvalue weighted by atomic mass is 19.1. The molecule has 90 valence electrons. The number of hydrogen-bond donors (Lipinski definition) is 0. The molecule has 5 heteroatoms. The summed E-state index contributed by atoms with van der Waals surface area (Å²) in [5, 5.41) is 8.64. The van der Waals surface area contributed by atoms with Gasteiger partial charge in [-0.1, -0.05) is 6.07 Å². The fourth-order valence-corrected chi connectivity index (χ4v) is 1.56. The van der Waals surface area contributed by atoms with Gasteiger partial charge in [-0.2, -0.15) is 5.26 Å². The Bertz CT molecular complexity index is 685. The Hall–Kier alpha value is -2.48. The minimum Gasteiger partial charge on any atom is -0.295 e. The van der Waals surface area contributed by atoms with Gasteiger partial charge in [-0.15, -0.1) is 0 Å². The summed E-state index contributed by atoms with van der Waals surface area (Å²) in [5.74, 6) is -0.499. The van der Waals surface area contributed by atoms with Crippen molar-refractivity contribution in [3.8, 4) is 6.07 Å². The van der Waals surface area contributed by atoms with Crippen molar-refractivity contribution >= 4 is 0 Å². The maximum absolute atomic E-state index is 13.6. The minimum absolute atomic E-state index is 0.101. The van der Waals surface area contributed by atoms with E-state index in [0.717, 1.165) is 6.07 Å². The van der Waals surface area contributed by atoms with Gasteiger partial charge in [-0.3, -0.25) is 9.36 Å². The van der Waals surface area contributed by atoms with Crippen molar-refractivity contribution < 1.29 is 4.39 Å². The molecule has 0 bridgehead atoms. The van der Waals surface area contributed by atoms with Crippen LogP contribution >= 0.6 is 0 Å².